The first kappa shape index (κ1) is 25.1. The third kappa shape index (κ3) is 5.04. The summed E-state index contributed by atoms with van der Waals surface area (Å²) in [5.74, 6) is -22.8. The van der Waals surface area contributed by atoms with Crippen LogP contribution in [0.4, 0.5) is 35.1 Å². The van der Waals surface area contributed by atoms with Crippen LogP contribution in [-0.4, -0.2) is 12.6 Å². The number of ether oxygens (including phenoxy) is 2. The highest BCUT2D eigenvalue weighted by Crippen LogP contribution is 2.34. The van der Waals surface area contributed by atoms with Crippen molar-refractivity contribution in [2.45, 2.75) is 32.6 Å². The third-order valence-electron chi connectivity index (χ3n) is 4.04. The van der Waals surface area contributed by atoms with Crippen LogP contribution in [0.1, 0.15) is 43.0 Å². The lowest BCUT2D eigenvalue weighted by atomic mass is 10.1. The van der Waals surface area contributed by atoms with Crippen molar-refractivity contribution in [3.63, 3.8) is 0 Å². The van der Waals surface area contributed by atoms with E-state index < -0.39 is 73.1 Å². The summed E-state index contributed by atoms with van der Waals surface area (Å²) in [7, 11) is 0. The summed E-state index contributed by atoms with van der Waals surface area (Å²) in [6, 6.07) is 0. The van der Waals surface area contributed by atoms with Gasteiger partial charge in [0.2, 0.25) is 29.0 Å². The molecule has 3 nitrogen and oxygen atoms in total. The Hall–Kier alpha value is -2.12. The molecule has 2 rings (SSSR count). The van der Waals surface area contributed by atoms with E-state index in [1.807, 2.05) is 6.92 Å². The van der Waals surface area contributed by atoms with Crippen LogP contribution in [0.25, 0.3) is 0 Å². The van der Waals surface area contributed by atoms with Crippen LogP contribution in [0.15, 0.2) is 0 Å². The van der Waals surface area contributed by atoms with Crippen LogP contribution < -0.4 is 9.47 Å². The standard InChI is InChI=1S/C19H13F8IO3/c1-2-3-4-5-6-30-17-12(24)8(20)7(9(21)13(17)25)19(29)31-18-14(26)10(22)16(28)11(23)15(18)27/h2-6H2,1H3. The van der Waals surface area contributed by atoms with Gasteiger partial charge in [0.15, 0.2) is 29.0 Å². The van der Waals surface area contributed by atoms with E-state index in [2.05, 4.69) is 4.74 Å². The van der Waals surface area contributed by atoms with E-state index in [1.165, 1.54) is 0 Å². The molecule has 0 unspecified atom stereocenters. The fourth-order valence-corrected chi connectivity index (χ4v) is 2.91. The number of hydrogen-bond donors (Lipinski definition) is 0. The Morgan fingerprint density at radius 2 is 1.19 bits per heavy atom. The van der Waals surface area contributed by atoms with Crippen molar-refractivity contribution in [3.8, 4) is 11.5 Å². The molecular formula is C19H13F8IO3. The third-order valence-corrected chi connectivity index (χ3v) is 4.98. The lowest BCUT2D eigenvalue weighted by Gasteiger charge is -2.13. The van der Waals surface area contributed by atoms with Crippen LogP contribution in [-0.2, 0) is 0 Å². The van der Waals surface area contributed by atoms with E-state index in [0.717, 1.165) is 35.4 Å². The summed E-state index contributed by atoms with van der Waals surface area (Å²) >= 11 is 0.919. The molecule has 0 N–H and O–H groups in total. The molecule has 0 aliphatic heterocycles. The zero-order valence-electron chi connectivity index (χ0n) is 15.7. The minimum Gasteiger partial charge on any atom is -0.487 e. The summed E-state index contributed by atoms with van der Waals surface area (Å²) < 4.78 is 119. The average Bonchev–Trinajstić information content (AvgIpc) is 2.74. The smallest absolute Gasteiger partial charge is 0.349 e. The van der Waals surface area contributed by atoms with E-state index in [0.29, 0.717) is 12.8 Å². The highest BCUT2D eigenvalue weighted by molar-refractivity contribution is 14.1. The summed E-state index contributed by atoms with van der Waals surface area (Å²) in [4.78, 5) is 12.0. The van der Waals surface area contributed by atoms with Gasteiger partial charge in [-0.1, -0.05) is 26.2 Å². The Balaban J connectivity index is 2.39. The van der Waals surface area contributed by atoms with Gasteiger partial charge >= 0.3 is 5.97 Å². The Labute approximate surface area is 184 Å². The predicted octanol–water partition coefficient (Wildman–Crippen LogP) is 6.58. The van der Waals surface area contributed by atoms with Crippen molar-refractivity contribution >= 4 is 28.6 Å². The number of unbranched alkanes of at least 4 members (excludes halogenated alkanes) is 3. The van der Waals surface area contributed by atoms with E-state index in [-0.39, 0.29) is 6.61 Å². The second-order valence-corrected chi connectivity index (χ2v) is 7.24. The van der Waals surface area contributed by atoms with Crippen molar-refractivity contribution in [2.24, 2.45) is 0 Å². The van der Waals surface area contributed by atoms with Gasteiger partial charge in [0.25, 0.3) is 0 Å². The maximum absolute atomic E-state index is 14.2. The maximum Gasteiger partial charge on any atom is 0.349 e. The van der Waals surface area contributed by atoms with E-state index >= 15 is 0 Å². The predicted molar refractivity (Wildman–Crippen MR) is 99.9 cm³/mol. The fourth-order valence-electron chi connectivity index (χ4n) is 2.44. The first-order valence-electron chi connectivity index (χ1n) is 8.76. The monoisotopic (exact) mass is 568 g/mol. The van der Waals surface area contributed by atoms with Gasteiger partial charge in [-0.15, -0.1) is 0 Å². The zero-order chi connectivity index (χ0) is 23.5. The molecule has 0 spiro atoms. The van der Waals surface area contributed by atoms with Gasteiger partial charge in [0.05, 0.1) is 10.2 Å². The number of halogens is 9. The molecule has 0 aliphatic rings. The molecule has 0 saturated heterocycles. The van der Waals surface area contributed by atoms with Crippen LogP contribution in [0.5, 0.6) is 11.5 Å². The van der Waals surface area contributed by atoms with Crippen molar-refractivity contribution in [3.05, 3.63) is 55.7 Å². The second kappa shape index (κ2) is 10.5. The largest absolute Gasteiger partial charge is 0.487 e. The molecule has 2 aromatic carbocycles. The lowest BCUT2D eigenvalue weighted by molar-refractivity contribution is 0.0703. The topological polar surface area (TPSA) is 35.5 Å². The van der Waals surface area contributed by atoms with Crippen molar-refractivity contribution in [1.82, 2.24) is 0 Å². The number of carbonyl (C=O) groups excluding carboxylic acids is 1. The van der Waals surface area contributed by atoms with Gasteiger partial charge in [-0.05, 0) is 29.0 Å². The molecule has 31 heavy (non-hydrogen) atoms. The van der Waals surface area contributed by atoms with Crippen LogP contribution in [0.3, 0.4) is 0 Å². The van der Waals surface area contributed by atoms with Gasteiger partial charge in [-0.3, -0.25) is 0 Å². The average molecular weight is 568 g/mol. The summed E-state index contributed by atoms with van der Waals surface area (Å²) in [6.07, 6.45) is 2.57. The molecule has 0 radical (unpaired) electrons. The number of esters is 1. The summed E-state index contributed by atoms with van der Waals surface area (Å²) in [6.45, 7) is 1.62. The minimum absolute atomic E-state index is 0.284. The number of benzene rings is 2. The summed E-state index contributed by atoms with van der Waals surface area (Å²) in [5.41, 5.74) is -2.01. The number of carbonyl (C=O) groups is 1. The molecule has 0 aromatic heterocycles. The normalized spacial score (nSPS) is 11.0. The molecule has 2 aromatic rings. The molecule has 0 saturated carbocycles. The second-order valence-electron chi connectivity index (χ2n) is 6.16. The van der Waals surface area contributed by atoms with Gasteiger partial charge < -0.3 is 9.47 Å². The van der Waals surface area contributed by atoms with Gasteiger partial charge in [-0.25, -0.2) is 22.4 Å². The Morgan fingerprint density at radius 3 is 1.68 bits per heavy atom. The van der Waals surface area contributed by atoms with Crippen molar-refractivity contribution in [2.75, 3.05) is 6.61 Å². The quantitative estimate of drug-likeness (QED) is 0.0687. The Kier molecular flexibility index (Phi) is 8.49. The van der Waals surface area contributed by atoms with Crippen LogP contribution in [0, 0.1) is 50.1 Å². The molecule has 0 aliphatic carbocycles. The number of hydrogen-bond acceptors (Lipinski definition) is 3. The number of rotatable bonds is 8. The van der Waals surface area contributed by atoms with Gasteiger partial charge in [-0.2, -0.15) is 17.6 Å². The summed E-state index contributed by atoms with van der Waals surface area (Å²) in [5, 5.41) is 0. The van der Waals surface area contributed by atoms with Crippen LogP contribution >= 0.6 is 22.6 Å². The lowest BCUT2D eigenvalue weighted by Crippen LogP contribution is -2.19. The Bertz CT molecular complexity index is 955. The highest BCUT2D eigenvalue weighted by Gasteiger charge is 2.34. The first-order valence-corrected chi connectivity index (χ1v) is 9.84. The Morgan fingerprint density at radius 1 is 0.710 bits per heavy atom. The minimum atomic E-state index is -2.33. The van der Waals surface area contributed by atoms with E-state index in [4.69, 9.17) is 4.74 Å². The molecule has 0 amide bonds. The molecule has 0 heterocycles. The fraction of sp³-hybridized carbons (Fsp3) is 0.316. The SMILES string of the molecule is CCCCCCOc1c(F)c(F)c(C(=O)Oc2c(F)c(F)c(I)c(F)c2F)c(F)c1F. The molecule has 0 atom stereocenters. The zero-order valence-corrected chi connectivity index (χ0v) is 17.8. The van der Waals surface area contributed by atoms with E-state index in [9.17, 15) is 39.9 Å². The highest BCUT2D eigenvalue weighted by atomic mass is 127. The van der Waals surface area contributed by atoms with Gasteiger partial charge in [0.1, 0.15) is 5.56 Å². The van der Waals surface area contributed by atoms with Crippen molar-refractivity contribution < 1.29 is 49.4 Å². The molecule has 0 bridgehead atoms. The maximum atomic E-state index is 14.2. The molecule has 12 heteroatoms. The molecule has 0 fully saturated rings. The molecule has 170 valence electrons. The molecular weight excluding hydrogens is 555 g/mol. The van der Waals surface area contributed by atoms with Gasteiger partial charge in [0, 0.05) is 0 Å². The first-order chi connectivity index (χ1) is 14.5. The van der Waals surface area contributed by atoms with E-state index in [1.54, 1.807) is 0 Å². The van der Waals surface area contributed by atoms with Crippen molar-refractivity contribution in [1.29, 1.82) is 0 Å². The van der Waals surface area contributed by atoms with Crippen LogP contribution in [0.2, 0.25) is 0 Å².